The number of carbonyl (C=O) groups is 1. The second-order valence-corrected chi connectivity index (χ2v) is 9.73. The number of halogens is 1. The van der Waals surface area contributed by atoms with Gasteiger partial charge in [-0.05, 0) is 37.0 Å². The molecule has 0 spiro atoms. The maximum Gasteiger partial charge on any atom is 0.233 e. The lowest BCUT2D eigenvalue weighted by Gasteiger charge is -2.42. The Morgan fingerprint density at radius 3 is 2.26 bits per heavy atom. The van der Waals surface area contributed by atoms with Crippen molar-refractivity contribution < 1.29 is 17.9 Å². The highest BCUT2D eigenvalue weighted by molar-refractivity contribution is 7.89. The first-order valence-corrected chi connectivity index (χ1v) is 11.5. The largest absolute Gasteiger partial charge is 0.381 e. The van der Waals surface area contributed by atoms with Crippen LogP contribution in [0.15, 0.2) is 24.3 Å². The van der Waals surface area contributed by atoms with Crippen LogP contribution in [0, 0.1) is 0 Å². The van der Waals surface area contributed by atoms with Gasteiger partial charge in [0.25, 0.3) is 0 Å². The quantitative estimate of drug-likeness (QED) is 0.741. The Balaban J connectivity index is 1.77. The number of carbonyl (C=O) groups excluding carboxylic acids is 1. The zero-order chi connectivity index (χ0) is 19.5. The molecule has 1 aromatic rings. The van der Waals surface area contributed by atoms with Crippen LogP contribution in [0.25, 0.3) is 0 Å². The number of amides is 1. The van der Waals surface area contributed by atoms with E-state index >= 15 is 0 Å². The van der Waals surface area contributed by atoms with Crippen LogP contribution < -0.4 is 0 Å². The number of hydrogen-bond donors (Lipinski definition) is 0. The topological polar surface area (TPSA) is 66.9 Å². The molecule has 27 heavy (non-hydrogen) atoms. The second-order valence-electron chi connectivity index (χ2n) is 7.21. The Bertz CT molecular complexity index is 752. The van der Waals surface area contributed by atoms with Gasteiger partial charge in [-0.15, -0.1) is 0 Å². The molecular formula is C19H27ClN2O4S. The molecule has 2 aliphatic heterocycles. The summed E-state index contributed by atoms with van der Waals surface area (Å²) in [6.45, 7) is 4.52. The summed E-state index contributed by atoms with van der Waals surface area (Å²) in [4.78, 5) is 15.3. The first-order valence-electron chi connectivity index (χ1n) is 9.50. The fraction of sp³-hybridized carbons (Fsp3) is 0.632. The molecule has 0 aliphatic carbocycles. The number of nitrogens with zero attached hydrogens (tertiary/aromatic N) is 2. The van der Waals surface area contributed by atoms with E-state index in [1.807, 2.05) is 36.1 Å². The van der Waals surface area contributed by atoms with Crippen LogP contribution in [0.4, 0.5) is 0 Å². The lowest BCUT2D eigenvalue weighted by molar-refractivity contribution is -0.142. The van der Waals surface area contributed by atoms with Crippen LogP contribution in [0.2, 0.25) is 5.02 Å². The summed E-state index contributed by atoms with van der Waals surface area (Å²) >= 11 is 6.03. The van der Waals surface area contributed by atoms with Crippen molar-refractivity contribution in [3.05, 3.63) is 34.9 Å². The van der Waals surface area contributed by atoms with Crippen LogP contribution >= 0.6 is 11.6 Å². The van der Waals surface area contributed by atoms with Gasteiger partial charge in [-0.25, -0.2) is 8.42 Å². The molecule has 0 bridgehead atoms. The molecule has 0 radical (unpaired) electrons. The molecule has 6 nitrogen and oxygen atoms in total. The summed E-state index contributed by atoms with van der Waals surface area (Å²) in [5.41, 5.74) is 0.342. The summed E-state index contributed by atoms with van der Waals surface area (Å²) in [6.07, 6.45) is 1.85. The van der Waals surface area contributed by atoms with E-state index < -0.39 is 15.4 Å². The van der Waals surface area contributed by atoms with E-state index in [1.54, 1.807) is 0 Å². The molecule has 8 heteroatoms. The standard InChI is InChI=1S/C19H27ClN2O4S/c1-2-15-27(24,25)22-11-9-21(10-12-22)18(23)19(7-13-26-14-8-19)16-3-5-17(20)6-4-16/h3-6H,2,7-15H2,1H3. The minimum absolute atomic E-state index is 0.0701. The fourth-order valence-corrected chi connectivity index (χ4v) is 5.59. The molecule has 0 atom stereocenters. The van der Waals surface area contributed by atoms with Gasteiger partial charge in [-0.3, -0.25) is 4.79 Å². The Hall–Kier alpha value is -1.15. The summed E-state index contributed by atoms with van der Waals surface area (Å²) in [5.74, 6) is 0.230. The Kier molecular flexibility index (Phi) is 6.46. The number of rotatable bonds is 5. The van der Waals surface area contributed by atoms with Gasteiger partial charge in [0.1, 0.15) is 0 Å². The first kappa shape index (κ1) is 20.6. The summed E-state index contributed by atoms with van der Waals surface area (Å²) in [7, 11) is -3.22. The van der Waals surface area contributed by atoms with Gasteiger partial charge < -0.3 is 9.64 Å². The van der Waals surface area contributed by atoms with Gasteiger partial charge in [0.15, 0.2) is 0 Å². The second kappa shape index (κ2) is 8.47. The van der Waals surface area contributed by atoms with Gasteiger partial charge in [0, 0.05) is 44.4 Å². The molecule has 2 aliphatic rings. The van der Waals surface area contributed by atoms with Crippen molar-refractivity contribution in [1.82, 2.24) is 9.21 Å². The molecule has 150 valence electrons. The maximum atomic E-state index is 13.5. The SMILES string of the molecule is CCCS(=O)(=O)N1CCN(C(=O)C2(c3ccc(Cl)cc3)CCOCC2)CC1. The van der Waals surface area contributed by atoms with Crippen LogP contribution in [0.1, 0.15) is 31.7 Å². The Morgan fingerprint density at radius 1 is 1.11 bits per heavy atom. The van der Waals surface area contributed by atoms with Crippen LogP contribution in [-0.4, -0.2) is 68.7 Å². The number of ether oxygens (including phenoxy) is 1. The number of sulfonamides is 1. The van der Waals surface area contributed by atoms with Crippen LogP contribution in [0.3, 0.4) is 0 Å². The molecular weight excluding hydrogens is 388 g/mol. The van der Waals surface area contributed by atoms with Crippen molar-refractivity contribution in [2.75, 3.05) is 45.1 Å². The molecule has 0 saturated carbocycles. The predicted molar refractivity (Wildman–Crippen MR) is 105 cm³/mol. The highest BCUT2D eigenvalue weighted by atomic mass is 35.5. The lowest BCUT2D eigenvalue weighted by atomic mass is 9.73. The molecule has 0 N–H and O–H groups in total. The third kappa shape index (κ3) is 4.31. The van der Waals surface area contributed by atoms with E-state index in [4.69, 9.17) is 16.3 Å². The van der Waals surface area contributed by atoms with Crippen molar-refractivity contribution >= 4 is 27.5 Å². The van der Waals surface area contributed by atoms with Gasteiger partial charge in [-0.1, -0.05) is 30.7 Å². The van der Waals surface area contributed by atoms with Crippen molar-refractivity contribution in [2.45, 2.75) is 31.6 Å². The van der Waals surface area contributed by atoms with Crippen molar-refractivity contribution in [3.8, 4) is 0 Å². The number of benzene rings is 1. The van der Waals surface area contributed by atoms with E-state index in [-0.39, 0.29) is 11.7 Å². The van der Waals surface area contributed by atoms with Gasteiger partial charge in [0.05, 0.1) is 11.2 Å². The molecule has 2 fully saturated rings. The molecule has 1 aromatic carbocycles. The molecule has 0 unspecified atom stereocenters. The van der Waals surface area contributed by atoms with Crippen molar-refractivity contribution in [2.24, 2.45) is 0 Å². The minimum Gasteiger partial charge on any atom is -0.381 e. The van der Waals surface area contributed by atoms with E-state index in [0.29, 0.717) is 63.7 Å². The van der Waals surface area contributed by atoms with Crippen molar-refractivity contribution in [1.29, 1.82) is 0 Å². The average Bonchev–Trinajstić information content (AvgIpc) is 2.68. The molecule has 2 heterocycles. The highest BCUT2D eigenvalue weighted by Gasteiger charge is 2.45. The van der Waals surface area contributed by atoms with Crippen LogP contribution in [0.5, 0.6) is 0 Å². The smallest absolute Gasteiger partial charge is 0.233 e. The van der Waals surface area contributed by atoms with E-state index in [0.717, 1.165) is 5.56 Å². The summed E-state index contributed by atoms with van der Waals surface area (Å²) in [6, 6.07) is 7.48. The normalized spacial score (nSPS) is 21.2. The van der Waals surface area contributed by atoms with E-state index in [2.05, 4.69) is 0 Å². The monoisotopic (exact) mass is 414 g/mol. The van der Waals surface area contributed by atoms with E-state index in [1.165, 1.54) is 4.31 Å². The average molecular weight is 415 g/mol. The lowest BCUT2D eigenvalue weighted by Crippen LogP contribution is -2.56. The molecule has 3 rings (SSSR count). The molecule has 2 saturated heterocycles. The van der Waals surface area contributed by atoms with E-state index in [9.17, 15) is 13.2 Å². The van der Waals surface area contributed by atoms with Gasteiger partial charge in [0.2, 0.25) is 15.9 Å². The van der Waals surface area contributed by atoms with Gasteiger partial charge >= 0.3 is 0 Å². The predicted octanol–water partition coefficient (Wildman–Crippen LogP) is 2.27. The summed E-state index contributed by atoms with van der Waals surface area (Å²) < 4.78 is 31.6. The Labute approximate surface area is 166 Å². The van der Waals surface area contributed by atoms with Crippen molar-refractivity contribution in [3.63, 3.8) is 0 Å². The number of hydrogen-bond acceptors (Lipinski definition) is 4. The minimum atomic E-state index is -3.22. The first-order chi connectivity index (χ1) is 12.9. The third-order valence-electron chi connectivity index (χ3n) is 5.53. The Morgan fingerprint density at radius 2 is 1.70 bits per heavy atom. The third-order valence-corrected chi connectivity index (χ3v) is 7.86. The zero-order valence-corrected chi connectivity index (χ0v) is 17.3. The molecule has 0 aromatic heterocycles. The zero-order valence-electron chi connectivity index (χ0n) is 15.7. The summed E-state index contributed by atoms with van der Waals surface area (Å²) in [5, 5.41) is 0.642. The maximum absolute atomic E-state index is 13.5. The van der Waals surface area contributed by atoms with Gasteiger partial charge in [-0.2, -0.15) is 4.31 Å². The molecule has 1 amide bonds. The number of piperazine rings is 1. The highest BCUT2D eigenvalue weighted by Crippen LogP contribution is 2.37. The fourth-order valence-electron chi connectivity index (χ4n) is 3.97. The van der Waals surface area contributed by atoms with Crippen LogP contribution in [-0.2, 0) is 25.0 Å².